The Kier molecular flexibility index (Phi) is 3.95. The predicted molar refractivity (Wildman–Crippen MR) is 63.4 cm³/mol. The Morgan fingerprint density at radius 3 is 2.42 bits per heavy atom. The summed E-state index contributed by atoms with van der Waals surface area (Å²) in [5, 5.41) is -0.110. The van der Waals surface area contributed by atoms with E-state index in [0.717, 1.165) is 6.07 Å². The first-order valence-electron chi connectivity index (χ1n) is 5.18. The largest absolute Gasteiger partial charge is 0.433 e. The van der Waals surface area contributed by atoms with Gasteiger partial charge in [-0.3, -0.25) is 0 Å². The van der Waals surface area contributed by atoms with Crippen LogP contribution in [0.2, 0.25) is 5.02 Å². The lowest BCUT2D eigenvalue weighted by molar-refractivity contribution is -0.0497. The lowest BCUT2D eigenvalue weighted by Gasteiger charge is -2.09. The fraction of sp³-hybridized carbons (Fsp3) is 0.0769. The van der Waals surface area contributed by atoms with E-state index in [1.165, 1.54) is 30.3 Å². The molecular formula is C13H7ClF4O. The molecule has 0 fully saturated rings. The molecule has 0 saturated carbocycles. The minimum atomic E-state index is -3.01. The SMILES string of the molecule is Fc1cccc(-c2ccc(OC(F)F)c(Cl)c2)c1F. The third-order valence-corrected chi connectivity index (χ3v) is 2.71. The summed E-state index contributed by atoms with van der Waals surface area (Å²) in [7, 11) is 0. The van der Waals surface area contributed by atoms with E-state index in [2.05, 4.69) is 4.74 Å². The van der Waals surface area contributed by atoms with Gasteiger partial charge in [0.2, 0.25) is 0 Å². The number of halogens is 5. The van der Waals surface area contributed by atoms with Gasteiger partial charge in [-0.15, -0.1) is 0 Å². The molecule has 1 nitrogen and oxygen atoms in total. The summed E-state index contributed by atoms with van der Waals surface area (Å²) >= 11 is 5.74. The summed E-state index contributed by atoms with van der Waals surface area (Å²) in [5.41, 5.74) is 0.258. The molecule has 0 saturated heterocycles. The second kappa shape index (κ2) is 5.48. The number of hydrogen-bond donors (Lipinski definition) is 0. The van der Waals surface area contributed by atoms with E-state index in [1.807, 2.05) is 0 Å². The smallest absolute Gasteiger partial charge is 0.387 e. The predicted octanol–water partition coefficient (Wildman–Crippen LogP) is 4.89. The second-order valence-corrected chi connectivity index (χ2v) is 4.03. The lowest BCUT2D eigenvalue weighted by atomic mass is 10.0. The number of rotatable bonds is 3. The molecule has 100 valence electrons. The minimum Gasteiger partial charge on any atom is -0.433 e. The molecule has 0 amide bonds. The van der Waals surface area contributed by atoms with Crippen LogP contribution in [-0.4, -0.2) is 6.61 Å². The zero-order valence-corrected chi connectivity index (χ0v) is 10.1. The average Bonchev–Trinajstić information content (AvgIpc) is 2.35. The first kappa shape index (κ1) is 13.7. The van der Waals surface area contributed by atoms with Crippen LogP contribution in [0.25, 0.3) is 11.1 Å². The van der Waals surface area contributed by atoms with Crippen molar-refractivity contribution in [3.8, 4) is 16.9 Å². The molecule has 0 N–H and O–H groups in total. The Morgan fingerprint density at radius 1 is 1.05 bits per heavy atom. The molecule has 2 rings (SSSR count). The summed E-state index contributed by atoms with van der Waals surface area (Å²) < 4.78 is 54.9. The highest BCUT2D eigenvalue weighted by Crippen LogP contribution is 2.32. The second-order valence-electron chi connectivity index (χ2n) is 3.63. The van der Waals surface area contributed by atoms with Gasteiger partial charge in [-0.05, 0) is 23.8 Å². The third-order valence-electron chi connectivity index (χ3n) is 2.41. The van der Waals surface area contributed by atoms with Gasteiger partial charge >= 0.3 is 6.61 Å². The van der Waals surface area contributed by atoms with Crippen molar-refractivity contribution in [2.75, 3.05) is 0 Å². The number of alkyl halides is 2. The molecule has 0 aliphatic carbocycles. The highest BCUT2D eigenvalue weighted by molar-refractivity contribution is 6.32. The first-order chi connectivity index (χ1) is 8.99. The van der Waals surface area contributed by atoms with Crippen LogP contribution >= 0.6 is 11.6 Å². The van der Waals surface area contributed by atoms with Crippen molar-refractivity contribution in [3.05, 3.63) is 53.1 Å². The van der Waals surface area contributed by atoms with Crippen LogP contribution in [0.4, 0.5) is 17.6 Å². The molecule has 2 aromatic carbocycles. The Labute approximate surface area is 111 Å². The van der Waals surface area contributed by atoms with Crippen LogP contribution in [-0.2, 0) is 0 Å². The zero-order chi connectivity index (χ0) is 14.0. The average molecular weight is 291 g/mol. The van der Waals surface area contributed by atoms with Crippen molar-refractivity contribution < 1.29 is 22.3 Å². The summed E-state index contributed by atoms with van der Waals surface area (Å²) in [6.07, 6.45) is 0. The molecule has 0 radical (unpaired) electrons. The van der Waals surface area contributed by atoms with E-state index < -0.39 is 18.2 Å². The van der Waals surface area contributed by atoms with Crippen LogP contribution in [0.3, 0.4) is 0 Å². The topological polar surface area (TPSA) is 9.23 Å². The Morgan fingerprint density at radius 2 is 1.79 bits per heavy atom. The van der Waals surface area contributed by atoms with Gasteiger partial charge in [-0.25, -0.2) is 8.78 Å². The molecule has 0 aromatic heterocycles. The molecule has 19 heavy (non-hydrogen) atoms. The third kappa shape index (κ3) is 2.98. The van der Waals surface area contributed by atoms with E-state index in [-0.39, 0.29) is 21.9 Å². The van der Waals surface area contributed by atoms with Gasteiger partial charge in [-0.1, -0.05) is 29.8 Å². The fourth-order valence-corrected chi connectivity index (χ4v) is 1.81. The quantitative estimate of drug-likeness (QED) is 0.732. The van der Waals surface area contributed by atoms with Gasteiger partial charge in [0.15, 0.2) is 11.6 Å². The standard InChI is InChI=1S/C13H7ClF4O/c14-9-6-7(4-5-11(9)19-13(17)18)8-2-1-3-10(15)12(8)16/h1-6,13H. The number of hydrogen-bond acceptors (Lipinski definition) is 1. The van der Waals surface area contributed by atoms with Gasteiger partial charge in [0.1, 0.15) is 5.75 Å². The minimum absolute atomic E-state index is 0.00880. The Hall–Kier alpha value is -1.75. The van der Waals surface area contributed by atoms with Gasteiger partial charge in [0, 0.05) is 5.56 Å². The Bertz CT molecular complexity index is 601. The van der Waals surface area contributed by atoms with Gasteiger partial charge in [0.05, 0.1) is 5.02 Å². The lowest BCUT2D eigenvalue weighted by Crippen LogP contribution is -2.02. The van der Waals surface area contributed by atoms with Crippen molar-refractivity contribution in [3.63, 3.8) is 0 Å². The molecule has 0 bridgehead atoms. The zero-order valence-electron chi connectivity index (χ0n) is 9.34. The van der Waals surface area contributed by atoms with E-state index in [1.54, 1.807) is 0 Å². The molecule has 0 unspecified atom stereocenters. The van der Waals surface area contributed by atoms with Crippen molar-refractivity contribution in [2.24, 2.45) is 0 Å². The monoisotopic (exact) mass is 290 g/mol. The van der Waals surface area contributed by atoms with Gasteiger partial charge < -0.3 is 4.74 Å². The molecule has 0 spiro atoms. The van der Waals surface area contributed by atoms with Crippen LogP contribution in [0.15, 0.2) is 36.4 Å². The number of ether oxygens (including phenoxy) is 1. The maximum atomic E-state index is 13.6. The maximum absolute atomic E-state index is 13.6. The molecule has 0 aliphatic rings. The van der Waals surface area contributed by atoms with E-state index >= 15 is 0 Å². The number of benzene rings is 2. The van der Waals surface area contributed by atoms with Crippen molar-refractivity contribution in [2.45, 2.75) is 6.61 Å². The highest BCUT2D eigenvalue weighted by Gasteiger charge is 2.13. The summed E-state index contributed by atoms with van der Waals surface area (Å²) in [4.78, 5) is 0. The summed E-state index contributed by atoms with van der Waals surface area (Å²) in [6.45, 7) is -3.01. The summed E-state index contributed by atoms with van der Waals surface area (Å²) in [5.74, 6) is -2.25. The molecule has 2 aromatic rings. The van der Waals surface area contributed by atoms with Crippen LogP contribution in [0.1, 0.15) is 0 Å². The van der Waals surface area contributed by atoms with Crippen molar-refractivity contribution in [1.82, 2.24) is 0 Å². The van der Waals surface area contributed by atoms with Crippen LogP contribution < -0.4 is 4.74 Å². The molecule has 6 heteroatoms. The van der Waals surface area contributed by atoms with Crippen molar-refractivity contribution in [1.29, 1.82) is 0 Å². The van der Waals surface area contributed by atoms with Crippen LogP contribution in [0.5, 0.6) is 5.75 Å². The molecule has 0 atom stereocenters. The fourth-order valence-electron chi connectivity index (χ4n) is 1.59. The van der Waals surface area contributed by atoms with E-state index in [9.17, 15) is 17.6 Å². The van der Waals surface area contributed by atoms with E-state index in [4.69, 9.17) is 11.6 Å². The molecule has 0 heterocycles. The normalized spacial score (nSPS) is 10.8. The maximum Gasteiger partial charge on any atom is 0.387 e. The Balaban J connectivity index is 2.42. The summed E-state index contributed by atoms with van der Waals surface area (Å²) in [6, 6.07) is 7.41. The van der Waals surface area contributed by atoms with Gasteiger partial charge in [-0.2, -0.15) is 8.78 Å². The molecule has 0 aliphatic heterocycles. The van der Waals surface area contributed by atoms with Crippen molar-refractivity contribution >= 4 is 11.6 Å². The first-order valence-corrected chi connectivity index (χ1v) is 5.55. The molecular weight excluding hydrogens is 284 g/mol. The van der Waals surface area contributed by atoms with Crippen LogP contribution in [0, 0.1) is 11.6 Å². The van der Waals surface area contributed by atoms with Gasteiger partial charge in [0.25, 0.3) is 0 Å². The highest BCUT2D eigenvalue weighted by atomic mass is 35.5. The van der Waals surface area contributed by atoms with E-state index in [0.29, 0.717) is 0 Å².